The molecule has 0 saturated heterocycles. The Morgan fingerprint density at radius 1 is 1.27 bits per heavy atom. The van der Waals surface area contributed by atoms with E-state index in [0.717, 1.165) is 5.56 Å². The molecule has 0 bridgehead atoms. The smallest absolute Gasteiger partial charge is 0.313 e. The van der Waals surface area contributed by atoms with Crippen LogP contribution in [0.2, 0.25) is 0 Å². The maximum Gasteiger partial charge on any atom is 0.313 e. The largest absolute Gasteiger partial charge is 0.426 e. The van der Waals surface area contributed by atoms with E-state index < -0.39 is 0 Å². The van der Waals surface area contributed by atoms with E-state index in [1.807, 2.05) is 26.0 Å². The van der Waals surface area contributed by atoms with E-state index in [-0.39, 0.29) is 5.97 Å². The maximum absolute atomic E-state index is 11.3. The van der Waals surface area contributed by atoms with Gasteiger partial charge in [0.05, 0.1) is 13.0 Å². The molecule has 0 aliphatic heterocycles. The number of benzene rings is 1. The van der Waals surface area contributed by atoms with E-state index in [2.05, 4.69) is 0 Å². The second kappa shape index (κ2) is 6.19. The Morgan fingerprint density at radius 2 is 1.93 bits per heavy atom. The highest BCUT2D eigenvalue weighted by Crippen LogP contribution is 2.11. The van der Waals surface area contributed by atoms with Crippen LogP contribution in [0.15, 0.2) is 24.3 Å². The zero-order chi connectivity index (χ0) is 11.1. The van der Waals surface area contributed by atoms with Gasteiger partial charge in [-0.1, -0.05) is 17.7 Å². The lowest BCUT2D eigenvalue weighted by Crippen LogP contribution is -2.11. The molecule has 0 heterocycles. The fraction of sp³-hybridized carbons (Fsp3) is 0.417. The molecular weight excluding hydrogens is 192 g/mol. The number of esters is 1. The molecule has 3 heteroatoms. The number of carbonyl (C=O) groups is 1. The third kappa shape index (κ3) is 4.61. The zero-order valence-corrected chi connectivity index (χ0v) is 9.16. The third-order valence-electron chi connectivity index (χ3n) is 1.91. The van der Waals surface area contributed by atoms with Gasteiger partial charge in [-0.2, -0.15) is 0 Å². The molecule has 0 aliphatic carbocycles. The van der Waals surface area contributed by atoms with Crippen LogP contribution in [0.5, 0.6) is 5.75 Å². The summed E-state index contributed by atoms with van der Waals surface area (Å²) in [5.74, 6) is 0.328. The second-order valence-electron chi connectivity index (χ2n) is 3.23. The molecule has 3 nitrogen and oxygen atoms in total. The first-order valence-electron chi connectivity index (χ1n) is 5.07. The standard InChI is InChI=1S/C12H16O3/c1-3-14-9-8-12(13)15-11-6-4-10(2)5-7-11/h4-7H,3,8-9H2,1-2H3. The van der Waals surface area contributed by atoms with Gasteiger partial charge in [0.25, 0.3) is 0 Å². The Morgan fingerprint density at radius 3 is 2.53 bits per heavy atom. The van der Waals surface area contributed by atoms with Gasteiger partial charge in [0.15, 0.2) is 0 Å². The predicted molar refractivity (Wildman–Crippen MR) is 57.9 cm³/mol. The molecule has 0 unspecified atom stereocenters. The van der Waals surface area contributed by atoms with Crippen LogP contribution in [-0.4, -0.2) is 19.2 Å². The highest BCUT2D eigenvalue weighted by molar-refractivity contribution is 5.72. The van der Waals surface area contributed by atoms with E-state index in [4.69, 9.17) is 9.47 Å². The molecule has 0 N–H and O–H groups in total. The minimum absolute atomic E-state index is 0.257. The summed E-state index contributed by atoms with van der Waals surface area (Å²) in [5.41, 5.74) is 1.14. The molecule has 1 aromatic carbocycles. The van der Waals surface area contributed by atoms with Crippen LogP contribution in [0.4, 0.5) is 0 Å². The van der Waals surface area contributed by atoms with Crippen LogP contribution in [0, 0.1) is 6.92 Å². The van der Waals surface area contributed by atoms with E-state index in [1.165, 1.54) is 0 Å². The van der Waals surface area contributed by atoms with Gasteiger partial charge >= 0.3 is 5.97 Å². The van der Waals surface area contributed by atoms with E-state index in [0.29, 0.717) is 25.4 Å². The lowest BCUT2D eigenvalue weighted by atomic mass is 10.2. The monoisotopic (exact) mass is 208 g/mol. The summed E-state index contributed by atoms with van der Waals surface area (Å²) in [6, 6.07) is 7.39. The molecule has 0 aromatic heterocycles. The van der Waals surface area contributed by atoms with Gasteiger partial charge in [0, 0.05) is 6.61 Å². The zero-order valence-electron chi connectivity index (χ0n) is 9.16. The highest BCUT2D eigenvalue weighted by Gasteiger charge is 2.03. The molecule has 0 radical (unpaired) electrons. The normalized spacial score (nSPS) is 10.0. The van der Waals surface area contributed by atoms with Crippen molar-refractivity contribution in [1.29, 1.82) is 0 Å². The van der Waals surface area contributed by atoms with Crippen molar-refractivity contribution in [2.24, 2.45) is 0 Å². The number of carbonyl (C=O) groups excluding carboxylic acids is 1. The molecule has 0 spiro atoms. The van der Waals surface area contributed by atoms with Crippen LogP contribution in [-0.2, 0) is 9.53 Å². The van der Waals surface area contributed by atoms with Gasteiger partial charge in [0.1, 0.15) is 5.75 Å². The van der Waals surface area contributed by atoms with Crippen molar-refractivity contribution in [3.63, 3.8) is 0 Å². The molecule has 82 valence electrons. The van der Waals surface area contributed by atoms with Gasteiger partial charge in [-0.3, -0.25) is 4.79 Å². The van der Waals surface area contributed by atoms with Gasteiger partial charge < -0.3 is 9.47 Å². The average molecular weight is 208 g/mol. The molecular formula is C12H16O3. The average Bonchev–Trinajstić information content (AvgIpc) is 2.22. The van der Waals surface area contributed by atoms with Crippen LogP contribution >= 0.6 is 0 Å². The van der Waals surface area contributed by atoms with Crippen molar-refractivity contribution in [2.45, 2.75) is 20.3 Å². The van der Waals surface area contributed by atoms with E-state index >= 15 is 0 Å². The molecule has 0 atom stereocenters. The van der Waals surface area contributed by atoms with Gasteiger partial charge in [-0.25, -0.2) is 0 Å². The second-order valence-corrected chi connectivity index (χ2v) is 3.23. The van der Waals surface area contributed by atoms with Crippen molar-refractivity contribution in [1.82, 2.24) is 0 Å². The quantitative estimate of drug-likeness (QED) is 0.423. The topological polar surface area (TPSA) is 35.5 Å². The van der Waals surface area contributed by atoms with Crippen molar-refractivity contribution >= 4 is 5.97 Å². The Hall–Kier alpha value is -1.35. The number of hydrogen-bond acceptors (Lipinski definition) is 3. The minimum Gasteiger partial charge on any atom is -0.426 e. The molecule has 1 aromatic rings. The number of ether oxygens (including phenoxy) is 2. The first-order valence-corrected chi connectivity index (χ1v) is 5.07. The highest BCUT2D eigenvalue weighted by atomic mass is 16.5. The van der Waals surface area contributed by atoms with Crippen LogP contribution in [0.1, 0.15) is 18.9 Å². The van der Waals surface area contributed by atoms with Crippen molar-refractivity contribution in [3.05, 3.63) is 29.8 Å². The summed E-state index contributed by atoms with van der Waals surface area (Å²) in [5, 5.41) is 0. The third-order valence-corrected chi connectivity index (χ3v) is 1.91. The Bertz CT molecular complexity index is 303. The number of aryl methyl sites for hydroxylation is 1. The summed E-state index contributed by atoms with van der Waals surface area (Å²) in [6.45, 7) is 4.92. The number of rotatable bonds is 5. The van der Waals surface area contributed by atoms with Crippen molar-refractivity contribution < 1.29 is 14.3 Å². The summed E-state index contributed by atoms with van der Waals surface area (Å²) in [7, 11) is 0. The minimum atomic E-state index is -0.257. The predicted octanol–water partition coefficient (Wildman–Crippen LogP) is 2.33. The Labute approximate surface area is 90.0 Å². The summed E-state index contributed by atoms with van der Waals surface area (Å²) in [4.78, 5) is 11.3. The van der Waals surface area contributed by atoms with Gasteiger partial charge in [0.2, 0.25) is 0 Å². The van der Waals surface area contributed by atoms with E-state index in [1.54, 1.807) is 12.1 Å². The SMILES string of the molecule is CCOCCC(=O)Oc1ccc(C)cc1. The van der Waals surface area contributed by atoms with Crippen LogP contribution < -0.4 is 4.74 Å². The Kier molecular flexibility index (Phi) is 4.84. The van der Waals surface area contributed by atoms with Crippen LogP contribution in [0.3, 0.4) is 0 Å². The summed E-state index contributed by atoms with van der Waals surface area (Å²) >= 11 is 0. The fourth-order valence-corrected chi connectivity index (χ4v) is 1.09. The van der Waals surface area contributed by atoms with Crippen molar-refractivity contribution in [2.75, 3.05) is 13.2 Å². The molecule has 0 amide bonds. The molecule has 0 fully saturated rings. The van der Waals surface area contributed by atoms with Gasteiger partial charge in [-0.05, 0) is 26.0 Å². The summed E-state index contributed by atoms with van der Waals surface area (Å²) in [6.07, 6.45) is 0.293. The Balaban J connectivity index is 2.34. The first-order chi connectivity index (χ1) is 7.22. The fourth-order valence-electron chi connectivity index (χ4n) is 1.09. The van der Waals surface area contributed by atoms with Gasteiger partial charge in [-0.15, -0.1) is 0 Å². The van der Waals surface area contributed by atoms with Crippen molar-refractivity contribution in [3.8, 4) is 5.75 Å². The molecule has 15 heavy (non-hydrogen) atoms. The maximum atomic E-state index is 11.3. The summed E-state index contributed by atoms with van der Waals surface area (Å²) < 4.78 is 10.2. The number of hydrogen-bond donors (Lipinski definition) is 0. The molecule has 0 saturated carbocycles. The van der Waals surface area contributed by atoms with Crippen LogP contribution in [0.25, 0.3) is 0 Å². The molecule has 1 rings (SSSR count). The van der Waals surface area contributed by atoms with E-state index in [9.17, 15) is 4.79 Å². The lowest BCUT2D eigenvalue weighted by Gasteiger charge is -2.04. The lowest BCUT2D eigenvalue weighted by molar-refractivity contribution is -0.135. The molecule has 0 aliphatic rings. The first kappa shape index (κ1) is 11.7.